The van der Waals surface area contributed by atoms with Crippen molar-refractivity contribution in [2.75, 3.05) is 0 Å². The van der Waals surface area contributed by atoms with Crippen molar-refractivity contribution in [3.05, 3.63) is 50.5 Å². The van der Waals surface area contributed by atoms with Crippen LogP contribution in [0, 0.1) is 13.8 Å². The molecule has 88 valence electrons. The van der Waals surface area contributed by atoms with Gasteiger partial charge in [0.25, 0.3) is 0 Å². The first-order chi connectivity index (χ1) is 8.06. The predicted molar refractivity (Wildman–Crippen MR) is 75.6 cm³/mol. The molecule has 0 aliphatic carbocycles. The van der Waals surface area contributed by atoms with Crippen LogP contribution < -0.4 is 4.74 Å². The summed E-state index contributed by atoms with van der Waals surface area (Å²) in [5.74, 6) is 1.46. The Morgan fingerprint density at radius 2 is 1.71 bits per heavy atom. The topological polar surface area (TPSA) is 22.1 Å². The molecular formula is C13H11Br2NO. The average molecular weight is 357 g/mol. The van der Waals surface area contributed by atoms with E-state index < -0.39 is 0 Å². The van der Waals surface area contributed by atoms with E-state index in [-0.39, 0.29) is 0 Å². The number of nitrogens with zero attached hydrogens (tertiary/aromatic N) is 1. The zero-order chi connectivity index (χ0) is 12.4. The Hall–Kier alpha value is -0.870. The summed E-state index contributed by atoms with van der Waals surface area (Å²) in [4.78, 5) is 4.26. The van der Waals surface area contributed by atoms with Crippen molar-refractivity contribution in [3.63, 3.8) is 0 Å². The van der Waals surface area contributed by atoms with E-state index in [1.807, 2.05) is 38.1 Å². The molecule has 1 aromatic carbocycles. The van der Waals surface area contributed by atoms with Crippen LogP contribution in [-0.4, -0.2) is 4.98 Å². The van der Waals surface area contributed by atoms with Gasteiger partial charge in [-0.15, -0.1) is 0 Å². The largest absolute Gasteiger partial charge is 0.438 e. The van der Waals surface area contributed by atoms with E-state index in [4.69, 9.17) is 4.74 Å². The highest BCUT2D eigenvalue weighted by atomic mass is 79.9. The van der Waals surface area contributed by atoms with Gasteiger partial charge in [0, 0.05) is 20.7 Å². The zero-order valence-corrected chi connectivity index (χ0v) is 12.7. The van der Waals surface area contributed by atoms with Crippen LogP contribution in [0.5, 0.6) is 11.6 Å². The zero-order valence-electron chi connectivity index (χ0n) is 9.50. The number of hydrogen-bond acceptors (Lipinski definition) is 2. The standard InChI is InChI=1S/C13H11Br2NO/c1-8-5-10(14)3-4-12(8)17-13-9(2)6-11(15)7-16-13/h3-7H,1-2H3. The smallest absolute Gasteiger partial charge is 0.222 e. The fraction of sp³-hybridized carbons (Fsp3) is 0.154. The predicted octanol–water partition coefficient (Wildman–Crippen LogP) is 5.02. The number of aryl methyl sites for hydroxylation is 2. The van der Waals surface area contributed by atoms with Crippen molar-refractivity contribution in [1.29, 1.82) is 0 Å². The number of benzene rings is 1. The third-order valence-electron chi connectivity index (χ3n) is 2.34. The minimum absolute atomic E-state index is 0.638. The molecule has 0 saturated heterocycles. The molecule has 2 nitrogen and oxygen atoms in total. The highest BCUT2D eigenvalue weighted by Gasteiger charge is 2.06. The Morgan fingerprint density at radius 3 is 2.35 bits per heavy atom. The number of hydrogen-bond donors (Lipinski definition) is 0. The van der Waals surface area contributed by atoms with Crippen LogP contribution in [0.15, 0.2) is 39.4 Å². The normalized spacial score (nSPS) is 10.4. The first-order valence-electron chi connectivity index (χ1n) is 5.12. The van der Waals surface area contributed by atoms with Crippen LogP contribution >= 0.6 is 31.9 Å². The lowest BCUT2D eigenvalue weighted by Gasteiger charge is -2.10. The number of aromatic nitrogens is 1. The lowest BCUT2D eigenvalue weighted by Crippen LogP contribution is -1.93. The number of pyridine rings is 1. The summed E-state index contributed by atoms with van der Waals surface area (Å²) in [5.41, 5.74) is 2.07. The van der Waals surface area contributed by atoms with E-state index in [0.717, 1.165) is 25.8 Å². The molecule has 4 heteroatoms. The number of halogens is 2. The SMILES string of the molecule is Cc1cc(Br)ccc1Oc1ncc(Br)cc1C. The molecule has 17 heavy (non-hydrogen) atoms. The molecule has 0 N–H and O–H groups in total. The van der Waals surface area contributed by atoms with E-state index in [1.54, 1.807) is 6.20 Å². The van der Waals surface area contributed by atoms with Gasteiger partial charge in [-0.05, 0) is 59.6 Å². The van der Waals surface area contributed by atoms with Gasteiger partial charge in [0.15, 0.2) is 0 Å². The maximum Gasteiger partial charge on any atom is 0.222 e. The molecule has 0 amide bonds. The second-order valence-electron chi connectivity index (χ2n) is 3.79. The number of ether oxygens (including phenoxy) is 1. The Balaban J connectivity index is 2.31. The summed E-state index contributed by atoms with van der Waals surface area (Å²) in [7, 11) is 0. The van der Waals surface area contributed by atoms with Crippen LogP contribution in [0.2, 0.25) is 0 Å². The molecule has 2 aromatic rings. The van der Waals surface area contributed by atoms with Gasteiger partial charge in [0.1, 0.15) is 5.75 Å². The summed E-state index contributed by atoms with van der Waals surface area (Å²) >= 11 is 6.81. The Labute approximate surface area is 117 Å². The van der Waals surface area contributed by atoms with E-state index in [9.17, 15) is 0 Å². The van der Waals surface area contributed by atoms with Crippen molar-refractivity contribution < 1.29 is 4.74 Å². The number of rotatable bonds is 2. The van der Waals surface area contributed by atoms with Crippen LogP contribution in [0.1, 0.15) is 11.1 Å². The van der Waals surface area contributed by atoms with Gasteiger partial charge in [-0.3, -0.25) is 0 Å². The molecule has 0 aliphatic heterocycles. The summed E-state index contributed by atoms with van der Waals surface area (Å²) in [6.07, 6.45) is 1.73. The van der Waals surface area contributed by atoms with Gasteiger partial charge in [-0.25, -0.2) is 4.98 Å². The van der Waals surface area contributed by atoms with Crippen LogP contribution in [0.4, 0.5) is 0 Å². The minimum atomic E-state index is 0.638. The third-order valence-corrected chi connectivity index (χ3v) is 3.27. The second-order valence-corrected chi connectivity index (χ2v) is 5.62. The third kappa shape index (κ3) is 3.07. The van der Waals surface area contributed by atoms with E-state index in [1.165, 1.54) is 0 Å². The summed E-state index contributed by atoms with van der Waals surface area (Å²) < 4.78 is 7.80. The van der Waals surface area contributed by atoms with Gasteiger partial charge in [-0.1, -0.05) is 15.9 Å². The molecule has 0 bridgehead atoms. The van der Waals surface area contributed by atoms with E-state index in [2.05, 4.69) is 36.8 Å². The van der Waals surface area contributed by atoms with Crippen molar-refractivity contribution in [2.24, 2.45) is 0 Å². The first kappa shape index (κ1) is 12.6. The monoisotopic (exact) mass is 355 g/mol. The molecule has 2 rings (SSSR count). The second kappa shape index (κ2) is 5.19. The van der Waals surface area contributed by atoms with Gasteiger partial charge in [0.05, 0.1) is 0 Å². The van der Waals surface area contributed by atoms with Crippen molar-refractivity contribution >= 4 is 31.9 Å². The van der Waals surface area contributed by atoms with Crippen LogP contribution in [0.3, 0.4) is 0 Å². The lowest BCUT2D eigenvalue weighted by atomic mass is 10.2. The Morgan fingerprint density at radius 1 is 1.00 bits per heavy atom. The maximum atomic E-state index is 5.80. The fourth-order valence-corrected chi connectivity index (χ4v) is 2.39. The van der Waals surface area contributed by atoms with Crippen molar-refractivity contribution in [1.82, 2.24) is 4.98 Å². The molecule has 0 unspecified atom stereocenters. The minimum Gasteiger partial charge on any atom is -0.438 e. The highest BCUT2D eigenvalue weighted by Crippen LogP contribution is 2.28. The van der Waals surface area contributed by atoms with E-state index in [0.29, 0.717) is 5.88 Å². The van der Waals surface area contributed by atoms with Crippen LogP contribution in [0.25, 0.3) is 0 Å². The molecule has 1 heterocycles. The summed E-state index contributed by atoms with van der Waals surface area (Å²) in [6.45, 7) is 3.98. The molecule has 0 radical (unpaired) electrons. The van der Waals surface area contributed by atoms with Crippen molar-refractivity contribution in [2.45, 2.75) is 13.8 Å². The van der Waals surface area contributed by atoms with Gasteiger partial charge >= 0.3 is 0 Å². The Bertz CT molecular complexity index is 506. The van der Waals surface area contributed by atoms with Gasteiger partial charge in [0.2, 0.25) is 5.88 Å². The average Bonchev–Trinajstić information content (AvgIpc) is 2.25. The molecule has 0 aliphatic rings. The summed E-state index contributed by atoms with van der Waals surface area (Å²) in [5, 5.41) is 0. The molecule has 0 atom stereocenters. The maximum absolute atomic E-state index is 5.80. The fourth-order valence-electron chi connectivity index (χ4n) is 1.47. The van der Waals surface area contributed by atoms with Crippen LogP contribution in [-0.2, 0) is 0 Å². The van der Waals surface area contributed by atoms with Crippen molar-refractivity contribution in [3.8, 4) is 11.6 Å². The van der Waals surface area contributed by atoms with Gasteiger partial charge in [-0.2, -0.15) is 0 Å². The molecule has 1 aromatic heterocycles. The summed E-state index contributed by atoms with van der Waals surface area (Å²) in [6, 6.07) is 7.89. The Kier molecular flexibility index (Phi) is 3.84. The lowest BCUT2D eigenvalue weighted by molar-refractivity contribution is 0.455. The molecule has 0 saturated carbocycles. The highest BCUT2D eigenvalue weighted by molar-refractivity contribution is 9.10. The molecule has 0 fully saturated rings. The first-order valence-corrected chi connectivity index (χ1v) is 6.71. The molecular weight excluding hydrogens is 346 g/mol. The van der Waals surface area contributed by atoms with Gasteiger partial charge < -0.3 is 4.74 Å². The molecule has 0 spiro atoms. The quantitative estimate of drug-likeness (QED) is 0.754. The van der Waals surface area contributed by atoms with E-state index >= 15 is 0 Å².